The maximum atomic E-state index is 13.3. The Morgan fingerprint density at radius 2 is 1.66 bits per heavy atom. The van der Waals surface area contributed by atoms with E-state index >= 15 is 0 Å². The molecule has 0 radical (unpaired) electrons. The van der Waals surface area contributed by atoms with Gasteiger partial charge in [-0.2, -0.15) is 0 Å². The van der Waals surface area contributed by atoms with Gasteiger partial charge in [-0.15, -0.1) is 0 Å². The Morgan fingerprint density at radius 3 is 2.37 bits per heavy atom. The van der Waals surface area contributed by atoms with Gasteiger partial charge in [-0.05, 0) is 54.6 Å². The summed E-state index contributed by atoms with van der Waals surface area (Å²) in [5, 5.41) is 14.4. The van der Waals surface area contributed by atoms with Crippen LogP contribution in [0.1, 0.15) is 25.0 Å². The summed E-state index contributed by atoms with van der Waals surface area (Å²) in [4.78, 5) is 25.6. The molecule has 2 heterocycles. The molecular formula is C32H28N2O4. The van der Waals surface area contributed by atoms with E-state index in [9.17, 15) is 14.7 Å². The standard InChI is InChI=1S/C32H28N2O4/c1-3-38-32(37)29-26(18-13-22-9-5-4-6-10-22)28(31(35)36)21(2)33-30(29)24-14-16-25(17-15-24)34-20-19-23-11-7-8-12-27(23)34/h4-20,26,33H,3H2,1-2H3,(H,35,36)/b18-13+. The number of fused-ring (bicyclic) bond motifs is 1. The summed E-state index contributed by atoms with van der Waals surface area (Å²) >= 11 is 0. The lowest BCUT2D eigenvalue weighted by Crippen LogP contribution is -2.32. The summed E-state index contributed by atoms with van der Waals surface area (Å²) in [5.74, 6) is -2.44. The van der Waals surface area contributed by atoms with Crippen LogP contribution in [0.5, 0.6) is 0 Å². The molecule has 0 bridgehead atoms. The Hall–Kier alpha value is -4.84. The number of ether oxygens (including phenoxy) is 1. The van der Waals surface area contributed by atoms with E-state index in [1.54, 1.807) is 19.9 Å². The first-order valence-corrected chi connectivity index (χ1v) is 12.5. The molecule has 0 amide bonds. The molecule has 6 heteroatoms. The first-order chi connectivity index (χ1) is 18.5. The minimum absolute atomic E-state index is 0.111. The Kier molecular flexibility index (Phi) is 6.96. The van der Waals surface area contributed by atoms with Crippen molar-refractivity contribution in [2.75, 3.05) is 6.61 Å². The van der Waals surface area contributed by atoms with Crippen LogP contribution >= 0.6 is 0 Å². The quantitative estimate of drug-likeness (QED) is 0.293. The number of dihydropyridines is 1. The van der Waals surface area contributed by atoms with E-state index in [0.29, 0.717) is 11.4 Å². The van der Waals surface area contributed by atoms with Crippen molar-refractivity contribution in [2.45, 2.75) is 13.8 Å². The highest BCUT2D eigenvalue weighted by molar-refractivity contribution is 6.04. The van der Waals surface area contributed by atoms with Crippen LogP contribution in [-0.4, -0.2) is 28.2 Å². The SMILES string of the molecule is CCOC(=O)C1=C(c2ccc(-n3ccc4ccccc43)cc2)NC(C)=C(C(=O)O)C1/C=C/c1ccccc1. The summed E-state index contributed by atoms with van der Waals surface area (Å²) in [5.41, 5.74) is 5.13. The van der Waals surface area contributed by atoms with E-state index in [0.717, 1.165) is 27.7 Å². The van der Waals surface area contributed by atoms with Gasteiger partial charge in [0.15, 0.2) is 0 Å². The smallest absolute Gasteiger partial charge is 0.337 e. The molecule has 2 N–H and O–H groups in total. The number of nitrogens with zero attached hydrogens (tertiary/aromatic N) is 1. The Bertz CT molecular complexity index is 1590. The number of benzene rings is 3. The van der Waals surface area contributed by atoms with Crippen LogP contribution in [0.2, 0.25) is 0 Å². The predicted octanol–water partition coefficient (Wildman–Crippen LogP) is 6.20. The Labute approximate surface area is 221 Å². The topological polar surface area (TPSA) is 80.6 Å². The van der Waals surface area contributed by atoms with Gasteiger partial charge in [-0.3, -0.25) is 0 Å². The molecule has 1 aliphatic rings. The molecule has 6 nitrogen and oxygen atoms in total. The number of nitrogens with one attached hydrogen (secondary N) is 1. The van der Waals surface area contributed by atoms with Gasteiger partial charge in [0.25, 0.3) is 0 Å². The Morgan fingerprint density at radius 1 is 0.947 bits per heavy atom. The second kappa shape index (κ2) is 10.6. The number of hydrogen-bond acceptors (Lipinski definition) is 4. The number of rotatable bonds is 7. The lowest BCUT2D eigenvalue weighted by atomic mass is 9.83. The van der Waals surface area contributed by atoms with Crippen LogP contribution in [0.25, 0.3) is 28.4 Å². The maximum absolute atomic E-state index is 13.3. The summed E-state index contributed by atoms with van der Waals surface area (Å²) in [6.07, 6.45) is 5.62. The molecule has 0 saturated carbocycles. The summed E-state index contributed by atoms with van der Waals surface area (Å²) in [7, 11) is 0. The van der Waals surface area contributed by atoms with Gasteiger partial charge in [-0.25, -0.2) is 9.59 Å². The molecule has 1 atom stereocenters. The van der Waals surface area contributed by atoms with Crippen molar-refractivity contribution in [3.63, 3.8) is 0 Å². The zero-order valence-corrected chi connectivity index (χ0v) is 21.2. The van der Waals surface area contributed by atoms with Crippen LogP contribution in [0.3, 0.4) is 0 Å². The van der Waals surface area contributed by atoms with Crippen molar-refractivity contribution in [1.82, 2.24) is 9.88 Å². The van der Waals surface area contributed by atoms with Crippen molar-refractivity contribution >= 4 is 34.6 Å². The van der Waals surface area contributed by atoms with E-state index in [-0.39, 0.29) is 17.8 Å². The van der Waals surface area contributed by atoms with Crippen molar-refractivity contribution in [3.05, 3.63) is 125 Å². The molecule has 0 aliphatic carbocycles. The molecule has 190 valence electrons. The van der Waals surface area contributed by atoms with Crippen molar-refractivity contribution in [1.29, 1.82) is 0 Å². The number of aromatic nitrogens is 1. The van der Waals surface area contributed by atoms with Gasteiger partial charge in [-0.1, -0.05) is 72.8 Å². The van der Waals surface area contributed by atoms with Crippen molar-refractivity contribution in [2.24, 2.45) is 5.92 Å². The number of carboxylic acid groups (broad SMARTS) is 1. The van der Waals surface area contributed by atoms with E-state index in [1.807, 2.05) is 79.0 Å². The molecule has 0 fully saturated rings. The highest BCUT2D eigenvalue weighted by Crippen LogP contribution is 2.36. The van der Waals surface area contributed by atoms with Crippen molar-refractivity contribution < 1.29 is 19.4 Å². The third kappa shape index (κ3) is 4.76. The number of carbonyl (C=O) groups excluding carboxylic acids is 1. The maximum Gasteiger partial charge on any atom is 0.337 e. The molecule has 0 saturated heterocycles. The molecule has 3 aromatic carbocycles. The lowest BCUT2D eigenvalue weighted by molar-refractivity contribution is -0.138. The van der Waals surface area contributed by atoms with Crippen LogP contribution in [0, 0.1) is 5.92 Å². The highest BCUT2D eigenvalue weighted by Gasteiger charge is 2.36. The minimum atomic E-state index is -1.09. The van der Waals surface area contributed by atoms with Gasteiger partial charge in [0.2, 0.25) is 0 Å². The van der Waals surface area contributed by atoms with Crippen LogP contribution < -0.4 is 5.32 Å². The third-order valence-electron chi connectivity index (χ3n) is 6.65. The molecule has 1 aromatic heterocycles. The second-order valence-electron chi connectivity index (χ2n) is 9.02. The zero-order valence-electron chi connectivity index (χ0n) is 21.2. The van der Waals surface area contributed by atoms with Gasteiger partial charge in [0.05, 0.1) is 29.0 Å². The Balaban J connectivity index is 1.61. The van der Waals surface area contributed by atoms with E-state index in [1.165, 1.54) is 0 Å². The highest BCUT2D eigenvalue weighted by atomic mass is 16.5. The fourth-order valence-electron chi connectivity index (χ4n) is 4.88. The van der Waals surface area contributed by atoms with Gasteiger partial charge >= 0.3 is 11.9 Å². The number of allylic oxidation sites excluding steroid dienone is 2. The lowest BCUT2D eigenvalue weighted by Gasteiger charge is -2.29. The van der Waals surface area contributed by atoms with E-state index < -0.39 is 17.9 Å². The van der Waals surface area contributed by atoms with Crippen LogP contribution in [0.4, 0.5) is 0 Å². The zero-order chi connectivity index (χ0) is 26.6. The molecule has 5 rings (SSSR count). The van der Waals surface area contributed by atoms with Gasteiger partial charge in [0.1, 0.15) is 0 Å². The molecule has 1 aliphatic heterocycles. The number of carboxylic acids is 1. The first kappa shape index (κ1) is 24.8. The average molecular weight is 505 g/mol. The van der Waals surface area contributed by atoms with Crippen LogP contribution in [0.15, 0.2) is 114 Å². The summed E-state index contributed by atoms with van der Waals surface area (Å²) in [6.45, 7) is 3.63. The number of esters is 1. The molecule has 0 spiro atoms. The number of para-hydroxylation sites is 1. The van der Waals surface area contributed by atoms with Gasteiger partial charge < -0.3 is 19.7 Å². The minimum Gasteiger partial charge on any atom is -0.478 e. The van der Waals surface area contributed by atoms with Crippen LogP contribution in [-0.2, 0) is 14.3 Å². The normalized spacial score (nSPS) is 15.7. The van der Waals surface area contributed by atoms with Crippen molar-refractivity contribution in [3.8, 4) is 5.69 Å². The van der Waals surface area contributed by atoms with Gasteiger partial charge in [0, 0.05) is 23.5 Å². The molecule has 38 heavy (non-hydrogen) atoms. The van der Waals surface area contributed by atoms with E-state index in [2.05, 4.69) is 28.1 Å². The number of carbonyl (C=O) groups is 2. The largest absolute Gasteiger partial charge is 0.478 e. The number of hydrogen-bond donors (Lipinski definition) is 2. The first-order valence-electron chi connectivity index (χ1n) is 12.5. The summed E-state index contributed by atoms with van der Waals surface area (Å²) < 4.78 is 7.52. The van der Waals surface area contributed by atoms with E-state index in [4.69, 9.17) is 4.74 Å². The molecular weight excluding hydrogens is 476 g/mol. The fraction of sp³-hybridized carbons (Fsp3) is 0.125. The second-order valence-corrected chi connectivity index (χ2v) is 9.02. The molecule has 1 unspecified atom stereocenters. The summed E-state index contributed by atoms with van der Waals surface area (Å²) in [6, 6.07) is 27.6. The number of aliphatic carboxylic acids is 1. The molecule has 4 aromatic rings. The average Bonchev–Trinajstić information content (AvgIpc) is 3.36. The third-order valence-corrected chi connectivity index (χ3v) is 6.65. The predicted molar refractivity (Wildman–Crippen MR) is 149 cm³/mol. The fourth-order valence-corrected chi connectivity index (χ4v) is 4.88. The monoisotopic (exact) mass is 504 g/mol.